The minimum Gasteiger partial charge on any atom is -0.444 e. The van der Waals surface area contributed by atoms with Crippen molar-refractivity contribution in [2.24, 2.45) is 5.92 Å². The SMILES string of the molecule is CC(C)CNc1ccc(S(=O)(=O)NC[C@H](O)[C@H](Cc2ccccc2)NC(=O)OC2CCOC2)cc1. The van der Waals surface area contributed by atoms with Crippen LogP contribution in [-0.2, 0) is 25.9 Å². The topological polar surface area (TPSA) is 126 Å². The van der Waals surface area contributed by atoms with Gasteiger partial charge >= 0.3 is 6.09 Å². The highest BCUT2D eigenvalue weighted by Crippen LogP contribution is 2.15. The molecule has 192 valence electrons. The zero-order valence-corrected chi connectivity index (χ0v) is 21.0. The number of carbonyl (C=O) groups is 1. The molecule has 1 saturated heterocycles. The number of anilines is 1. The van der Waals surface area contributed by atoms with E-state index in [1.807, 2.05) is 30.3 Å². The number of aliphatic hydroxyl groups is 1. The quantitative estimate of drug-likeness (QED) is 0.349. The average molecular weight is 506 g/mol. The van der Waals surface area contributed by atoms with Crippen molar-refractivity contribution in [2.45, 2.75) is 49.8 Å². The van der Waals surface area contributed by atoms with Crippen molar-refractivity contribution in [3.05, 3.63) is 60.2 Å². The van der Waals surface area contributed by atoms with Crippen LogP contribution in [0.25, 0.3) is 0 Å². The number of sulfonamides is 1. The van der Waals surface area contributed by atoms with Crippen molar-refractivity contribution in [1.82, 2.24) is 10.0 Å². The lowest BCUT2D eigenvalue weighted by Gasteiger charge is -2.25. The van der Waals surface area contributed by atoms with Gasteiger partial charge in [-0.25, -0.2) is 17.9 Å². The van der Waals surface area contributed by atoms with Crippen LogP contribution in [0.1, 0.15) is 25.8 Å². The van der Waals surface area contributed by atoms with Gasteiger partial charge in [0.1, 0.15) is 6.10 Å². The van der Waals surface area contributed by atoms with Crippen molar-refractivity contribution in [3.63, 3.8) is 0 Å². The fraction of sp³-hybridized carbons (Fsp3) is 0.480. The summed E-state index contributed by atoms with van der Waals surface area (Å²) in [4.78, 5) is 12.5. The Balaban J connectivity index is 1.61. The van der Waals surface area contributed by atoms with E-state index in [1.54, 1.807) is 12.1 Å². The molecule has 0 saturated carbocycles. The van der Waals surface area contributed by atoms with Crippen molar-refractivity contribution in [1.29, 1.82) is 0 Å². The highest BCUT2D eigenvalue weighted by molar-refractivity contribution is 7.89. The summed E-state index contributed by atoms with van der Waals surface area (Å²) in [5.41, 5.74) is 1.71. The van der Waals surface area contributed by atoms with Gasteiger partial charge in [0, 0.05) is 25.2 Å². The first-order chi connectivity index (χ1) is 16.7. The lowest BCUT2D eigenvalue weighted by atomic mass is 10.0. The Kier molecular flexibility index (Phi) is 9.91. The number of benzene rings is 2. The molecule has 3 atom stereocenters. The summed E-state index contributed by atoms with van der Waals surface area (Å²) in [5.74, 6) is 0.461. The molecule has 3 rings (SSSR count). The molecule has 2 aromatic carbocycles. The molecule has 1 amide bonds. The minimum absolute atomic E-state index is 0.0907. The minimum atomic E-state index is -3.86. The summed E-state index contributed by atoms with van der Waals surface area (Å²) in [6.45, 7) is 5.55. The number of rotatable bonds is 12. The Morgan fingerprint density at radius 3 is 2.46 bits per heavy atom. The molecule has 9 nitrogen and oxygen atoms in total. The van der Waals surface area contributed by atoms with Gasteiger partial charge in [0.05, 0.1) is 30.3 Å². The van der Waals surface area contributed by atoms with Crippen molar-refractivity contribution >= 4 is 21.8 Å². The standard InChI is InChI=1S/C25H35N3O6S/c1-18(2)15-26-20-8-10-22(11-9-20)35(31,32)27-16-24(29)23(14-19-6-4-3-5-7-19)28-25(30)34-21-12-13-33-17-21/h3-11,18,21,23-24,26-27,29H,12-17H2,1-2H3,(H,28,30)/t21?,23-,24-/m0/s1. The molecular weight excluding hydrogens is 470 g/mol. The van der Waals surface area contributed by atoms with Crippen molar-refractivity contribution in [2.75, 3.05) is 31.6 Å². The molecule has 1 unspecified atom stereocenters. The monoisotopic (exact) mass is 505 g/mol. The Morgan fingerprint density at radius 2 is 1.83 bits per heavy atom. The molecule has 4 N–H and O–H groups in total. The van der Waals surface area contributed by atoms with Gasteiger partial charge in [-0.05, 0) is 42.2 Å². The molecule has 0 spiro atoms. The van der Waals surface area contributed by atoms with Gasteiger partial charge in [0.15, 0.2) is 0 Å². The maximum absolute atomic E-state index is 12.8. The van der Waals surface area contributed by atoms with Gasteiger partial charge in [-0.1, -0.05) is 44.2 Å². The highest BCUT2D eigenvalue weighted by atomic mass is 32.2. The van der Waals surface area contributed by atoms with E-state index in [1.165, 1.54) is 12.1 Å². The van der Waals surface area contributed by atoms with E-state index in [-0.39, 0.29) is 17.5 Å². The van der Waals surface area contributed by atoms with E-state index in [9.17, 15) is 18.3 Å². The van der Waals surface area contributed by atoms with E-state index in [2.05, 4.69) is 29.2 Å². The molecule has 10 heteroatoms. The van der Waals surface area contributed by atoms with Gasteiger partial charge < -0.3 is 25.2 Å². The second-order valence-corrected chi connectivity index (χ2v) is 10.8. The van der Waals surface area contributed by atoms with Crippen LogP contribution in [0.4, 0.5) is 10.5 Å². The Morgan fingerprint density at radius 1 is 1.11 bits per heavy atom. The molecule has 1 fully saturated rings. The number of ether oxygens (including phenoxy) is 2. The predicted molar refractivity (Wildman–Crippen MR) is 134 cm³/mol. The molecular formula is C25H35N3O6S. The van der Waals surface area contributed by atoms with E-state index >= 15 is 0 Å². The fourth-order valence-electron chi connectivity index (χ4n) is 3.59. The zero-order valence-electron chi connectivity index (χ0n) is 20.1. The smallest absolute Gasteiger partial charge is 0.407 e. The van der Waals surface area contributed by atoms with Gasteiger partial charge in [0.25, 0.3) is 0 Å². The Labute approximate surface area is 207 Å². The van der Waals surface area contributed by atoms with Crippen molar-refractivity contribution < 1.29 is 27.8 Å². The van der Waals surface area contributed by atoms with Crippen LogP contribution < -0.4 is 15.4 Å². The highest BCUT2D eigenvalue weighted by Gasteiger charge is 2.27. The van der Waals surface area contributed by atoms with Crippen LogP contribution in [0.2, 0.25) is 0 Å². The summed E-state index contributed by atoms with van der Waals surface area (Å²) >= 11 is 0. The van der Waals surface area contributed by atoms with Gasteiger partial charge in [-0.15, -0.1) is 0 Å². The number of carbonyl (C=O) groups excluding carboxylic acids is 1. The average Bonchev–Trinajstić information content (AvgIpc) is 3.34. The number of amides is 1. The Hall–Kier alpha value is -2.66. The molecule has 0 radical (unpaired) electrons. The number of alkyl carbamates (subject to hydrolysis) is 1. The summed E-state index contributed by atoms with van der Waals surface area (Å²) in [6.07, 6.45) is -1.28. The molecule has 0 bridgehead atoms. The second kappa shape index (κ2) is 12.9. The summed E-state index contributed by atoms with van der Waals surface area (Å²) in [5, 5.41) is 16.8. The molecule has 1 heterocycles. The number of aliphatic hydroxyl groups excluding tert-OH is 1. The molecule has 35 heavy (non-hydrogen) atoms. The van der Waals surface area contributed by atoms with Gasteiger partial charge in [0.2, 0.25) is 10.0 Å². The van der Waals surface area contributed by atoms with Gasteiger partial charge in [-0.2, -0.15) is 0 Å². The third kappa shape index (κ3) is 8.81. The lowest BCUT2D eigenvalue weighted by molar-refractivity contribution is 0.0698. The predicted octanol–water partition coefficient (Wildman–Crippen LogP) is 2.52. The van der Waals surface area contributed by atoms with Crippen LogP contribution in [0, 0.1) is 5.92 Å². The van der Waals surface area contributed by atoms with Crippen LogP contribution in [-0.4, -0.2) is 64.2 Å². The van der Waals surface area contributed by atoms with Crippen LogP contribution >= 0.6 is 0 Å². The fourth-order valence-corrected chi connectivity index (χ4v) is 4.64. The third-order valence-corrected chi connectivity index (χ3v) is 7.03. The van der Waals surface area contributed by atoms with Crippen LogP contribution in [0.15, 0.2) is 59.5 Å². The van der Waals surface area contributed by atoms with E-state index in [0.717, 1.165) is 17.8 Å². The molecule has 0 aromatic heterocycles. The van der Waals surface area contributed by atoms with E-state index in [4.69, 9.17) is 9.47 Å². The first kappa shape index (κ1) is 26.9. The van der Waals surface area contributed by atoms with E-state index in [0.29, 0.717) is 32.0 Å². The maximum Gasteiger partial charge on any atom is 0.407 e. The normalized spacial score (nSPS) is 17.7. The number of hydrogen-bond donors (Lipinski definition) is 4. The number of hydrogen-bond acceptors (Lipinski definition) is 7. The van der Waals surface area contributed by atoms with Crippen LogP contribution in [0.3, 0.4) is 0 Å². The number of nitrogens with one attached hydrogen (secondary N) is 3. The third-order valence-electron chi connectivity index (χ3n) is 5.59. The second-order valence-electron chi connectivity index (χ2n) is 9.05. The summed E-state index contributed by atoms with van der Waals surface area (Å²) in [6, 6.07) is 15.0. The molecule has 0 aliphatic carbocycles. The molecule has 1 aliphatic heterocycles. The van der Waals surface area contributed by atoms with Gasteiger partial charge in [-0.3, -0.25) is 0 Å². The largest absolute Gasteiger partial charge is 0.444 e. The first-order valence-corrected chi connectivity index (χ1v) is 13.3. The zero-order chi connectivity index (χ0) is 25.3. The molecule has 2 aromatic rings. The maximum atomic E-state index is 12.8. The van der Waals surface area contributed by atoms with E-state index < -0.39 is 28.3 Å². The Bertz CT molecular complexity index is 1020. The first-order valence-electron chi connectivity index (χ1n) is 11.8. The summed E-state index contributed by atoms with van der Waals surface area (Å²) < 4.78 is 38.6. The van der Waals surface area contributed by atoms with Crippen LogP contribution in [0.5, 0.6) is 0 Å². The lowest BCUT2D eigenvalue weighted by Crippen LogP contribution is -2.50. The summed E-state index contributed by atoms with van der Waals surface area (Å²) in [7, 11) is -3.86. The van der Waals surface area contributed by atoms with Crippen molar-refractivity contribution in [3.8, 4) is 0 Å². The molecule has 1 aliphatic rings.